The van der Waals surface area contributed by atoms with Gasteiger partial charge in [0.2, 0.25) is 0 Å². The molecule has 3 aliphatic rings. The maximum atomic E-state index is 13.4. The minimum atomic E-state index is -0.751. The third kappa shape index (κ3) is 5.09. The van der Waals surface area contributed by atoms with Crippen LogP contribution in [0.15, 0.2) is 42.3 Å². The summed E-state index contributed by atoms with van der Waals surface area (Å²) in [5.41, 5.74) is 0.816. The molecule has 1 aliphatic carbocycles. The number of aryl methyl sites for hydroxylation is 1. The lowest BCUT2D eigenvalue weighted by molar-refractivity contribution is -0.107. The minimum Gasteiger partial charge on any atom is -0.487 e. The lowest BCUT2D eigenvalue weighted by atomic mass is 9.87. The molecular weight excluding hydrogens is 411 g/mol. The number of hydrogen-bond donors (Lipinski definition) is 2. The minimum absolute atomic E-state index is 0.0205. The molecule has 2 N–H and O–H groups in total. The summed E-state index contributed by atoms with van der Waals surface area (Å²) in [6, 6.07) is 4.42. The molecule has 0 bridgehead atoms. The van der Waals surface area contributed by atoms with E-state index in [2.05, 4.69) is 9.39 Å². The van der Waals surface area contributed by atoms with Crippen molar-refractivity contribution in [2.24, 2.45) is 5.92 Å². The Balaban J connectivity index is 1.26. The van der Waals surface area contributed by atoms with E-state index in [-0.39, 0.29) is 35.9 Å². The number of nitrogens with zero attached hydrogens (tertiary/aromatic N) is 1. The van der Waals surface area contributed by atoms with Crippen molar-refractivity contribution < 1.29 is 28.5 Å². The van der Waals surface area contributed by atoms with Gasteiger partial charge in [0.1, 0.15) is 29.6 Å². The van der Waals surface area contributed by atoms with Gasteiger partial charge in [-0.15, -0.1) is 0 Å². The molecule has 8 heteroatoms. The number of aliphatic hydroxyl groups is 2. The third-order valence-electron chi connectivity index (χ3n) is 6.06. The predicted octanol–water partition coefficient (Wildman–Crippen LogP) is 2.92. The van der Waals surface area contributed by atoms with Gasteiger partial charge in [-0.25, -0.2) is 8.78 Å². The maximum Gasteiger partial charge on any atom is 0.126 e. The van der Waals surface area contributed by atoms with Crippen LogP contribution in [0.2, 0.25) is 0 Å². The van der Waals surface area contributed by atoms with Crippen molar-refractivity contribution in [1.82, 2.24) is 4.67 Å². The topological polar surface area (TPSA) is 62.2 Å². The number of ether oxygens (including phenoxy) is 2. The molecule has 1 saturated heterocycles. The molecule has 0 radical (unpaired) electrons. The van der Waals surface area contributed by atoms with Crippen LogP contribution in [0.5, 0.6) is 5.75 Å². The number of halogens is 2. The van der Waals surface area contributed by atoms with E-state index in [1.165, 1.54) is 18.2 Å². The van der Waals surface area contributed by atoms with Crippen LogP contribution in [0.3, 0.4) is 0 Å². The Hall–Kier alpha value is -1.37. The Bertz CT molecular complexity index is 820. The second-order valence-corrected chi connectivity index (χ2v) is 9.06. The molecule has 0 spiro atoms. The van der Waals surface area contributed by atoms with E-state index in [0.29, 0.717) is 38.1 Å². The highest BCUT2D eigenvalue weighted by Gasteiger charge is 2.35. The van der Waals surface area contributed by atoms with Crippen molar-refractivity contribution in [3.8, 4) is 5.75 Å². The summed E-state index contributed by atoms with van der Waals surface area (Å²) >= 11 is 0. The number of aliphatic hydroxyl groups excluding tert-OH is 2. The predicted molar refractivity (Wildman–Crippen MR) is 112 cm³/mol. The molecule has 2 aliphatic heterocycles. The van der Waals surface area contributed by atoms with E-state index in [9.17, 15) is 19.0 Å². The highest BCUT2D eigenvalue weighted by atomic mass is 31.0. The second kappa shape index (κ2) is 9.41. The highest BCUT2D eigenvalue weighted by molar-refractivity contribution is 7.13. The highest BCUT2D eigenvalue weighted by Crippen LogP contribution is 2.33. The van der Waals surface area contributed by atoms with E-state index in [1.54, 1.807) is 22.9 Å². The van der Waals surface area contributed by atoms with E-state index in [0.717, 1.165) is 12.0 Å². The van der Waals surface area contributed by atoms with Gasteiger partial charge in [0, 0.05) is 19.0 Å². The fourth-order valence-corrected chi connectivity index (χ4v) is 4.86. The Morgan fingerprint density at radius 1 is 1.10 bits per heavy atom. The van der Waals surface area contributed by atoms with Gasteiger partial charge in [-0.05, 0) is 61.6 Å². The van der Waals surface area contributed by atoms with E-state index >= 15 is 0 Å². The van der Waals surface area contributed by atoms with Crippen LogP contribution < -0.4 is 4.74 Å². The Labute approximate surface area is 177 Å². The van der Waals surface area contributed by atoms with Crippen LogP contribution in [-0.2, 0) is 11.2 Å². The molecule has 164 valence electrons. The molecule has 30 heavy (non-hydrogen) atoms. The second-order valence-electron chi connectivity index (χ2n) is 8.33. The van der Waals surface area contributed by atoms with Crippen molar-refractivity contribution in [2.45, 2.75) is 56.2 Å². The Morgan fingerprint density at radius 2 is 1.87 bits per heavy atom. The zero-order chi connectivity index (χ0) is 21.3. The SMILES string of the molecule is OC(CN(P)CC(O)C1CCC2C=C(F)C=CC2O1)C1CCc2cc(F)ccc2O1. The van der Waals surface area contributed by atoms with Gasteiger partial charge in [0.25, 0.3) is 0 Å². The summed E-state index contributed by atoms with van der Waals surface area (Å²) in [5.74, 6) is 0.106. The van der Waals surface area contributed by atoms with Gasteiger partial charge in [0.05, 0.1) is 18.3 Å². The summed E-state index contributed by atoms with van der Waals surface area (Å²) in [6.45, 7) is 0.613. The van der Waals surface area contributed by atoms with Gasteiger partial charge >= 0.3 is 0 Å². The number of benzene rings is 1. The Kier molecular flexibility index (Phi) is 6.85. The van der Waals surface area contributed by atoms with E-state index < -0.39 is 12.2 Å². The Morgan fingerprint density at radius 3 is 2.67 bits per heavy atom. The van der Waals surface area contributed by atoms with Crippen molar-refractivity contribution in [2.75, 3.05) is 13.1 Å². The standard InChI is InChI=1S/C22H28F2NO4P/c23-15-3-7-19-13(9-15)1-5-21(28-19)17(26)11-25(30)12-18(27)22-6-2-14-10-16(24)4-8-20(14)29-22/h3-4,7-10,13,17-19,21-22,26-27H,1-2,5-6,11-12,30H2. The zero-order valence-corrected chi connectivity index (χ0v) is 17.8. The molecule has 0 saturated carbocycles. The van der Waals surface area contributed by atoms with Crippen LogP contribution in [0.1, 0.15) is 24.8 Å². The van der Waals surface area contributed by atoms with Gasteiger partial charge in [-0.3, -0.25) is 4.67 Å². The number of hydrogen-bond acceptors (Lipinski definition) is 5. The van der Waals surface area contributed by atoms with Crippen LogP contribution in [0, 0.1) is 11.7 Å². The zero-order valence-electron chi connectivity index (χ0n) is 16.7. The van der Waals surface area contributed by atoms with Crippen molar-refractivity contribution in [3.63, 3.8) is 0 Å². The van der Waals surface area contributed by atoms with Crippen molar-refractivity contribution >= 4 is 9.39 Å². The summed E-state index contributed by atoms with van der Waals surface area (Å²) in [5, 5.41) is 21.2. The quantitative estimate of drug-likeness (QED) is 0.668. The number of fused-ring (bicyclic) bond motifs is 2. The summed E-state index contributed by atoms with van der Waals surface area (Å²) in [7, 11) is 2.54. The first-order valence-corrected chi connectivity index (χ1v) is 10.9. The molecule has 1 aromatic rings. The normalized spacial score (nSPS) is 30.1. The number of rotatable bonds is 6. The van der Waals surface area contributed by atoms with Crippen LogP contribution >= 0.6 is 9.39 Å². The molecule has 1 fully saturated rings. The molecule has 7 atom stereocenters. The van der Waals surface area contributed by atoms with Gasteiger partial charge in [0.15, 0.2) is 0 Å². The largest absolute Gasteiger partial charge is 0.487 e. The van der Waals surface area contributed by atoms with Crippen LogP contribution in [0.25, 0.3) is 0 Å². The monoisotopic (exact) mass is 439 g/mol. The molecule has 4 rings (SSSR count). The summed E-state index contributed by atoms with van der Waals surface area (Å²) in [6.07, 6.45) is 4.97. The summed E-state index contributed by atoms with van der Waals surface area (Å²) in [4.78, 5) is 0. The lowest BCUT2D eigenvalue weighted by Crippen LogP contribution is -2.46. The van der Waals surface area contributed by atoms with E-state index in [4.69, 9.17) is 9.47 Å². The first-order valence-electron chi connectivity index (χ1n) is 10.4. The molecule has 0 aromatic heterocycles. The average molecular weight is 439 g/mol. The molecular formula is C22H28F2NO4P. The fourth-order valence-electron chi connectivity index (χ4n) is 4.43. The van der Waals surface area contributed by atoms with Crippen molar-refractivity contribution in [1.29, 1.82) is 0 Å². The van der Waals surface area contributed by atoms with E-state index in [1.807, 2.05) is 0 Å². The number of allylic oxidation sites excluding steroid dienone is 2. The van der Waals surface area contributed by atoms with Crippen LogP contribution in [0.4, 0.5) is 8.78 Å². The van der Waals surface area contributed by atoms with Crippen molar-refractivity contribution in [3.05, 3.63) is 53.6 Å². The van der Waals surface area contributed by atoms with Gasteiger partial charge in [-0.2, -0.15) is 0 Å². The average Bonchev–Trinajstić information content (AvgIpc) is 2.72. The molecule has 2 heterocycles. The van der Waals surface area contributed by atoms with Crippen LogP contribution in [-0.4, -0.2) is 58.5 Å². The smallest absolute Gasteiger partial charge is 0.126 e. The molecule has 7 unspecified atom stereocenters. The third-order valence-corrected chi connectivity index (χ3v) is 6.48. The van der Waals surface area contributed by atoms with Gasteiger partial charge < -0.3 is 19.7 Å². The maximum absolute atomic E-state index is 13.4. The summed E-state index contributed by atoms with van der Waals surface area (Å²) < 4.78 is 40.3. The lowest BCUT2D eigenvalue weighted by Gasteiger charge is -2.38. The first-order chi connectivity index (χ1) is 14.4. The fraction of sp³-hybridized carbons (Fsp3) is 0.545. The molecule has 0 amide bonds. The van der Waals surface area contributed by atoms with Gasteiger partial charge in [-0.1, -0.05) is 15.5 Å². The molecule has 5 nitrogen and oxygen atoms in total. The molecule has 1 aromatic carbocycles. The first kappa shape index (κ1) is 21.8.